The van der Waals surface area contributed by atoms with Crippen LogP contribution in [0.4, 0.5) is 11.4 Å². The summed E-state index contributed by atoms with van der Waals surface area (Å²) in [4.78, 5) is 27.8. The van der Waals surface area contributed by atoms with Crippen molar-refractivity contribution < 1.29 is 9.47 Å². The average Bonchev–Trinajstić information content (AvgIpc) is 3.25. The highest BCUT2D eigenvalue weighted by Crippen LogP contribution is 2.27. The summed E-state index contributed by atoms with van der Waals surface area (Å²) in [6.07, 6.45) is 7.30. The molecule has 0 saturated heterocycles. The van der Waals surface area contributed by atoms with Crippen LogP contribution in [0.3, 0.4) is 0 Å². The number of ether oxygens (including phenoxy) is 2. The van der Waals surface area contributed by atoms with E-state index in [0.29, 0.717) is 36.1 Å². The van der Waals surface area contributed by atoms with E-state index in [1.807, 2.05) is 160 Å². The summed E-state index contributed by atoms with van der Waals surface area (Å²) >= 11 is 0. The second kappa shape index (κ2) is 16.7. The first-order valence-electron chi connectivity index (χ1n) is 18.1. The minimum atomic E-state index is 0.349. The Balaban J connectivity index is 0.844. The first-order chi connectivity index (χ1) is 27.5. The third-order valence-electron chi connectivity index (χ3n) is 8.75. The first-order valence-corrected chi connectivity index (χ1v) is 18.1. The quantitative estimate of drug-likeness (QED) is 0.114. The van der Waals surface area contributed by atoms with Gasteiger partial charge in [0.05, 0.1) is 56.9 Å². The molecule has 0 unspecified atom stereocenters. The van der Waals surface area contributed by atoms with Gasteiger partial charge in [0.25, 0.3) is 0 Å². The van der Waals surface area contributed by atoms with Gasteiger partial charge in [0.2, 0.25) is 0 Å². The minimum absolute atomic E-state index is 0.349. The third kappa shape index (κ3) is 9.00. The molecule has 0 radical (unpaired) electrons. The van der Waals surface area contributed by atoms with Gasteiger partial charge in [0.1, 0.15) is 24.7 Å². The zero-order valence-corrected chi connectivity index (χ0v) is 30.8. The van der Waals surface area contributed by atoms with E-state index in [9.17, 15) is 0 Å². The summed E-state index contributed by atoms with van der Waals surface area (Å²) in [6, 6.07) is 42.6. The molecular formula is C46H36N8O2. The van der Waals surface area contributed by atoms with Crippen molar-refractivity contribution in [3.05, 3.63) is 181 Å². The Morgan fingerprint density at radius 2 is 0.768 bits per heavy atom. The van der Waals surface area contributed by atoms with Crippen LogP contribution in [-0.2, 0) is 13.2 Å². The van der Waals surface area contributed by atoms with Crippen molar-refractivity contribution in [2.45, 2.75) is 27.1 Å². The molecule has 6 aromatic heterocycles. The summed E-state index contributed by atoms with van der Waals surface area (Å²) in [5.74, 6) is 1.35. The molecule has 0 spiro atoms. The van der Waals surface area contributed by atoms with Gasteiger partial charge in [0, 0.05) is 48.0 Å². The number of aryl methyl sites for hydroxylation is 2. The lowest BCUT2D eigenvalue weighted by molar-refractivity contribution is 0.305. The molecule has 0 aliphatic heterocycles. The Bertz CT molecular complexity index is 2410. The molecule has 0 atom stereocenters. The van der Waals surface area contributed by atoms with Gasteiger partial charge in [-0.3, -0.25) is 19.9 Å². The Morgan fingerprint density at radius 3 is 1.12 bits per heavy atom. The van der Waals surface area contributed by atoms with Crippen LogP contribution >= 0.6 is 0 Å². The van der Waals surface area contributed by atoms with E-state index in [-0.39, 0.29) is 0 Å². The van der Waals surface area contributed by atoms with E-state index in [1.54, 1.807) is 12.4 Å². The highest BCUT2D eigenvalue weighted by molar-refractivity contribution is 5.63. The van der Waals surface area contributed by atoms with Gasteiger partial charge in [0.15, 0.2) is 0 Å². The van der Waals surface area contributed by atoms with E-state index < -0.39 is 0 Å². The zero-order valence-electron chi connectivity index (χ0n) is 30.8. The number of rotatable bonds is 12. The van der Waals surface area contributed by atoms with Crippen LogP contribution in [0.2, 0.25) is 0 Å². The molecule has 0 aliphatic rings. The smallest absolute Gasteiger partial charge is 0.122 e. The summed E-state index contributed by atoms with van der Waals surface area (Å²) in [5, 5.41) is 8.89. The summed E-state index contributed by atoms with van der Waals surface area (Å²) < 4.78 is 12.1. The highest BCUT2D eigenvalue weighted by Gasteiger charge is 2.09. The molecule has 10 heteroatoms. The molecule has 6 heterocycles. The Kier molecular flexibility index (Phi) is 10.6. The zero-order chi connectivity index (χ0) is 38.1. The normalized spacial score (nSPS) is 11.1. The number of benzene rings is 2. The molecule has 8 rings (SSSR count). The number of azo groups is 1. The highest BCUT2D eigenvalue weighted by atomic mass is 16.5. The molecule has 10 nitrogen and oxygen atoms in total. The fourth-order valence-electron chi connectivity index (χ4n) is 5.72. The maximum absolute atomic E-state index is 6.07. The lowest BCUT2D eigenvalue weighted by Crippen LogP contribution is -1.97. The molecule has 8 aromatic rings. The largest absolute Gasteiger partial charge is 0.489 e. The van der Waals surface area contributed by atoms with Crippen LogP contribution in [0.25, 0.3) is 45.6 Å². The molecule has 2 aromatic carbocycles. The molecule has 272 valence electrons. The molecule has 0 saturated carbocycles. The van der Waals surface area contributed by atoms with Crippen molar-refractivity contribution in [3.63, 3.8) is 0 Å². The summed E-state index contributed by atoms with van der Waals surface area (Å²) in [6.45, 7) is 4.73. The van der Waals surface area contributed by atoms with Gasteiger partial charge in [-0.05, 0) is 97.8 Å². The fourth-order valence-corrected chi connectivity index (χ4v) is 5.72. The van der Waals surface area contributed by atoms with Crippen LogP contribution in [0.1, 0.15) is 22.3 Å². The van der Waals surface area contributed by atoms with Crippen molar-refractivity contribution in [3.8, 4) is 57.1 Å². The van der Waals surface area contributed by atoms with Gasteiger partial charge in [-0.2, -0.15) is 10.2 Å². The molecular weight excluding hydrogens is 697 g/mol. The molecule has 0 amide bonds. The van der Waals surface area contributed by atoms with Crippen LogP contribution in [0.15, 0.2) is 168 Å². The van der Waals surface area contributed by atoms with Gasteiger partial charge in [-0.1, -0.05) is 48.5 Å². The standard InChI is InChI=1S/C46H36N8O2/c1-31-15-19-39(47-25-31)43-11-5-13-45(51-43)41-21-17-33(27-49-41)29-55-37-9-3-7-35(23-37)53-54-36-8-4-10-38(24-36)56-30-34-18-22-42(50-28-34)46-14-6-12-44(52-46)40-20-16-32(2)26-48-40/h3-28H,29-30H2,1-2H3. The predicted octanol–water partition coefficient (Wildman–Crippen LogP) is 10.9. The lowest BCUT2D eigenvalue weighted by atomic mass is 10.1. The van der Waals surface area contributed by atoms with Crippen molar-refractivity contribution in [1.29, 1.82) is 0 Å². The third-order valence-corrected chi connectivity index (χ3v) is 8.75. The first kappa shape index (κ1) is 35.6. The Hall–Kier alpha value is -7.46. The minimum Gasteiger partial charge on any atom is -0.489 e. The van der Waals surface area contributed by atoms with E-state index in [4.69, 9.17) is 19.4 Å². The molecule has 0 bridgehead atoms. The van der Waals surface area contributed by atoms with Crippen molar-refractivity contribution in [2.75, 3.05) is 0 Å². The predicted molar refractivity (Wildman–Crippen MR) is 217 cm³/mol. The van der Waals surface area contributed by atoms with Gasteiger partial charge in [-0.25, -0.2) is 9.97 Å². The van der Waals surface area contributed by atoms with Crippen molar-refractivity contribution >= 4 is 11.4 Å². The van der Waals surface area contributed by atoms with Crippen molar-refractivity contribution in [1.82, 2.24) is 29.9 Å². The van der Waals surface area contributed by atoms with Crippen LogP contribution in [0, 0.1) is 13.8 Å². The molecule has 56 heavy (non-hydrogen) atoms. The van der Waals surface area contributed by atoms with Gasteiger partial charge >= 0.3 is 0 Å². The Morgan fingerprint density at radius 1 is 0.393 bits per heavy atom. The van der Waals surface area contributed by atoms with Crippen LogP contribution in [-0.4, -0.2) is 29.9 Å². The van der Waals surface area contributed by atoms with Crippen LogP contribution in [0.5, 0.6) is 11.5 Å². The second-order valence-corrected chi connectivity index (χ2v) is 13.1. The maximum atomic E-state index is 6.07. The van der Waals surface area contributed by atoms with Gasteiger partial charge in [-0.15, -0.1) is 0 Å². The van der Waals surface area contributed by atoms with E-state index in [0.717, 1.165) is 67.8 Å². The van der Waals surface area contributed by atoms with Crippen LogP contribution < -0.4 is 9.47 Å². The summed E-state index contributed by atoms with van der Waals surface area (Å²) in [5.41, 5.74) is 11.8. The number of hydrogen-bond donors (Lipinski definition) is 0. The SMILES string of the molecule is Cc1ccc(-c2cccc(-c3ccc(COc4cccc(N=Nc5cccc(OCc6ccc(-c7cccc(-c8ccc(C)cn8)n7)nc6)c5)c4)cn3)n2)nc1. The Labute approximate surface area is 324 Å². The monoisotopic (exact) mass is 732 g/mol. The maximum Gasteiger partial charge on any atom is 0.122 e. The van der Waals surface area contributed by atoms with Gasteiger partial charge < -0.3 is 9.47 Å². The van der Waals surface area contributed by atoms with E-state index in [1.165, 1.54) is 0 Å². The molecule has 0 aliphatic carbocycles. The van der Waals surface area contributed by atoms with E-state index in [2.05, 4.69) is 30.2 Å². The summed E-state index contributed by atoms with van der Waals surface area (Å²) in [7, 11) is 0. The van der Waals surface area contributed by atoms with E-state index >= 15 is 0 Å². The topological polar surface area (TPSA) is 121 Å². The van der Waals surface area contributed by atoms with Crippen molar-refractivity contribution in [2.24, 2.45) is 10.2 Å². The number of pyridine rings is 6. The number of nitrogens with zero attached hydrogens (tertiary/aromatic N) is 8. The number of hydrogen-bond acceptors (Lipinski definition) is 10. The fraction of sp³-hybridized carbons (Fsp3) is 0.0870. The number of aromatic nitrogens is 6. The second-order valence-electron chi connectivity index (χ2n) is 13.1. The molecule has 0 N–H and O–H groups in total. The lowest BCUT2D eigenvalue weighted by Gasteiger charge is -2.08. The molecule has 0 fully saturated rings. The average molecular weight is 733 g/mol.